The Morgan fingerprint density at radius 3 is 2.14 bits per heavy atom. The molecule has 0 aliphatic carbocycles. The molecule has 0 saturated carbocycles. The highest BCUT2D eigenvalue weighted by molar-refractivity contribution is 7.92. The van der Waals surface area contributed by atoms with Crippen molar-refractivity contribution in [1.82, 2.24) is 20.2 Å². The lowest BCUT2D eigenvalue weighted by Gasteiger charge is -2.12. The number of nitrogens with one attached hydrogen (secondary N) is 2. The van der Waals surface area contributed by atoms with Crippen molar-refractivity contribution in [3.63, 3.8) is 0 Å². The summed E-state index contributed by atoms with van der Waals surface area (Å²) < 4.78 is 39.9. The van der Waals surface area contributed by atoms with E-state index in [1.165, 1.54) is 18.3 Å². The van der Waals surface area contributed by atoms with E-state index < -0.39 is 21.6 Å². The van der Waals surface area contributed by atoms with E-state index in [2.05, 4.69) is 24.9 Å². The largest absolute Gasteiger partial charge is 0.345 e. The molecule has 3 heterocycles. The van der Waals surface area contributed by atoms with Crippen LogP contribution < -0.4 is 4.72 Å². The van der Waals surface area contributed by atoms with E-state index in [-0.39, 0.29) is 18.7 Å². The second kappa shape index (κ2) is 12.7. The second-order valence-electron chi connectivity index (χ2n) is 7.23. The van der Waals surface area contributed by atoms with Crippen LogP contribution in [0.5, 0.6) is 0 Å². The molecule has 4 aromatic rings. The third-order valence-electron chi connectivity index (χ3n) is 4.81. The number of sulfonamides is 1. The summed E-state index contributed by atoms with van der Waals surface area (Å²) in [7, 11) is -3.67. The Hall–Kier alpha value is -3.66. The number of aryl methyl sites for hydroxylation is 3. The van der Waals surface area contributed by atoms with Gasteiger partial charge in [0.25, 0.3) is 0 Å². The maximum Gasteiger partial charge on any atom is 0.229 e. The summed E-state index contributed by atoms with van der Waals surface area (Å²) in [5.41, 5.74) is 2.62. The lowest BCUT2D eigenvalue weighted by atomic mass is 9.96. The van der Waals surface area contributed by atoms with E-state index >= 15 is 0 Å². The maximum atomic E-state index is 14.9. The number of rotatable bonds is 4. The number of halogens is 1. The Kier molecular flexibility index (Phi) is 10.7. The lowest BCUT2D eigenvalue weighted by molar-refractivity contribution is 0.103. The number of H-pyrrole nitrogens is 1. The van der Waals surface area contributed by atoms with E-state index in [9.17, 15) is 17.6 Å². The quantitative estimate of drug-likeness (QED) is 0.363. The Labute approximate surface area is 206 Å². The normalized spacial score (nSPS) is 10.3. The van der Waals surface area contributed by atoms with Crippen LogP contribution in [0.1, 0.15) is 53.9 Å². The van der Waals surface area contributed by atoms with Crippen LogP contribution in [0.25, 0.3) is 11.0 Å². The Balaban J connectivity index is 0.000000586. The number of nitrogens with zero attached hydrogens (tertiary/aromatic N) is 3. The molecule has 0 amide bonds. The first-order valence-corrected chi connectivity index (χ1v) is 12.5. The molecule has 0 unspecified atom stereocenters. The molecule has 0 fully saturated rings. The first kappa shape index (κ1) is 29.4. The molecular weight excluding hydrogens is 469 g/mol. The van der Waals surface area contributed by atoms with E-state index in [1.54, 1.807) is 25.5 Å². The SMILES string of the molecule is C.CC.Cc1ccc(NS(C)(=O)=O)c(F)c1C(=O)c1c[nH]c2ncc(C)c(C)c12.c1ccnnc1. The van der Waals surface area contributed by atoms with Gasteiger partial charge in [0.15, 0.2) is 11.6 Å². The van der Waals surface area contributed by atoms with Gasteiger partial charge in [-0.1, -0.05) is 27.3 Å². The van der Waals surface area contributed by atoms with Crippen LogP contribution in [-0.4, -0.2) is 40.6 Å². The van der Waals surface area contributed by atoms with E-state index in [0.29, 0.717) is 22.2 Å². The van der Waals surface area contributed by atoms with Crippen molar-refractivity contribution in [2.75, 3.05) is 11.0 Å². The number of hydrogen-bond acceptors (Lipinski definition) is 6. The number of benzene rings is 1. The van der Waals surface area contributed by atoms with Gasteiger partial charge >= 0.3 is 0 Å². The Morgan fingerprint density at radius 2 is 1.63 bits per heavy atom. The number of ketones is 1. The van der Waals surface area contributed by atoms with Gasteiger partial charge in [-0.25, -0.2) is 17.8 Å². The molecule has 0 radical (unpaired) electrons. The van der Waals surface area contributed by atoms with Crippen LogP contribution in [0, 0.1) is 26.6 Å². The zero-order valence-corrected chi connectivity index (χ0v) is 20.8. The van der Waals surface area contributed by atoms with Crippen molar-refractivity contribution in [1.29, 1.82) is 0 Å². The first-order valence-electron chi connectivity index (χ1n) is 10.6. The number of aromatic nitrogens is 4. The molecule has 0 atom stereocenters. The summed E-state index contributed by atoms with van der Waals surface area (Å²) in [5, 5.41) is 7.70. The minimum atomic E-state index is -3.67. The average molecular weight is 502 g/mol. The van der Waals surface area contributed by atoms with Gasteiger partial charge in [0.1, 0.15) is 5.65 Å². The predicted octanol–water partition coefficient (Wildman–Crippen LogP) is 5.37. The third-order valence-corrected chi connectivity index (χ3v) is 5.40. The molecule has 0 aliphatic rings. The van der Waals surface area contributed by atoms with Crippen molar-refractivity contribution in [3.05, 3.63) is 82.7 Å². The maximum absolute atomic E-state index is 14.9. The molecule has 10 heteroatoms. The molecular formula is C25H32FN5O3S. The van der Waals surface area contributed by atoms with Crippen molar-refractivity contribution in [2.45, 2.75) is 42.0 Å². The zero-order chi connectivity index (χ0) is 25.5. The van der Waals surface area contributed by atoms with Gasteiger partial charge < -0.3 is 4.98 Å². The molecule has 1 aromatic carbocycles. The number of fused-ring (bicyclic) bond motifs is 1. The minimum Gasteiger partial charge on any atom is -0.345 e. The van der Waals surface area contributed by atoms with Crippen LogP contribution in [0.3, 0.4) is 0 Å². The molecule has 2 N–H and O–H groups in total. The van der Waals surface area contributed by atoms with Crippen LogP contribution in [0.15, 0.2) is 49.1 Å². The summed E-state index contributed by atoms with van der Waals surface area (Å²) in [4.78, 5) is 20.3. The number of aromatic amines is 1. The molecule has 3 aromatic heterocycles. The van der Waals surface area contributed by atoms with Crippen molar-refractivity contribution >= 4 is 32.5 Å². The van der Waals surface area contributed by atoms with Gasteiger partial charge in [0.2, 0.25) is 10.0 Å². The minimum absolute atomic E-state index is 0. The second-order valence-corrected chi connectivity index (χ2v) is 8.98. The summed E-state index contributed by atoms with van der Waals surface area (Å²) in [6.45, 7) is 9.35. The number of carbonyl (C=O) groups is 1. The van der Waals surface area contributed by atoms with Crippen LogP contribution in [0.4, 0.5) is 10.1 Å². The van der Waals surface area contributed by atoms with Gasteiger partial charge in [0.05, 0.1) is 17.5 Å². The fraction of sp³-hybridized carbons (Fsp3) is 0.280. The fourth-order valence-electron chi connectivity index (χ4n) is 3.15. The van der Waals surface area contributed by atoms with Crippen molar-refractivity contribution in [2.24, 2.45) is 0 Å². The number of pyridine rings is 1. The van der Waals surface area contributed by atoms with Crippen LogP contribution in [0.2, 0.25) is 0 Å². The van der Waals surface area contributed by atoms with Gasteiger partial charge in [-0.2, -0.15) is 10.2 Å². The topological polar surface area (TPSA) is 118 Å². The zero-order valence-electron chi connectivity index (χ0n) is 20.0. The smallest absolute Gasteiger partial charge is 0.229 e. The number of carbonyl (C=O) groups excluding carboxylic acids is 1. The molecule has 4 rings (SSSR count). The highest BCUT2D eigenvalue weighted by Gasteiger charge is 2.24. The fourth-order valence-corrected chi connectivity index (χ4v) is 3.70. The molecule has 35 heavy (non-hydrogen) atoms. The Bertz CT molecular complexity index is 1360. The molecule has 0 aliphatic heterocycles. The molecule has 188 valence electrons. The molecule has 0 spiro atoms. The lowest BCUT2D eigenvalue weighted by Crippen LogP contribution is -2.14. The van der Waals surface area contributed by atoms with E-state index in [0.717, 1.165) is 17.4 Å². The molecule has 0 bridgehead atoms. The standard InChI is InChI=1S/C18H18FN3O3S.C4H4N2.C2H6.CH4/c1-9-5-6-13(22-26(4,24)25)16(19)14(9)17(23)12-8-21-18-15(12)11(3)10(2)7-20-18;1-2-4-6-5-3-1;1-2;/h5-8,22H,1-4H3,(H,20,21);1-4H;1-2H3;1H4. The monoisotopic (exact) mass is 501 g/mol. The van der Waals surface area contributed by atoms with Crippen LogP contribution >= 0.6 is 0 Å². The van der Waals surface area contributed by atoms with Crippen molar-refractivity contribution in [3.8, 4) is 0 Å². The van der Waals surface area contributed by atoms with E-state index in [4.69, 9.17) is 0 Å². The summed E-state index contributed by atoms with van der Waals surface area (Å²) >= 11 is 0. The average Bonchev–Trinajstić information content (AvgIpc) is 3.25. The van der Waals surface area contributed by atoms with Crippen molar-refractivity contribution < 1.29 is 17.6 Å². The van der Waals surface area contributed by atoms with Gasteiger partial charge in [-0.3, -0.25) is 9.52 Å². The van der Waals surface area contributed by atoms with Gasteiger partial charge in [-0.05, 0) is 55.7 Å². The third kappa shape index (κ3) is 7.16. The number of hydrogen-bond donors (Lipinski definition) is 2. The highest BCUT2D eigenvalue weighted by Crippen LogP contribution is 2.29. The summed E-state index contributed by atoms with van der Waals surface area (Å²) in [5.74, 6) is -1.42. The highest BCUT2D eigenvalue weighted by atomic mass is 32.2. The van der Waals surface area contributed by atoms with Crippen LogP contribution in [-0.2, 0) is 10.0 Å². The van der Waals surface area contributed by atoms with Gasteiger partial charge in [-0.15, -0.1) is 0 Å². The van der Waals surface area contributed by atoms with E-state index in [1.807, 2.05) is 39.8 Å². The molecule has 0 saturated heterocycles. The Morgan fingerprint density at radius 1 is 1.03 bits per heavy atom. The molecule has 8 nitrogen and oxygen atoms in total. The number of anilines is 1. The van der Waals surface area contributed by atoms with Gasteiger partial charge in [0, 0.05) is 35.7 Å². The summed E-state index contributed by atoms with van der Waals surface area (Å²) in [6, 6.07) is 6.46. The predicted molar refractivity (Wildman–Crippen MR) is 139 cm³/mol. The summed E-state index contributed by atoms with van der Waals surface area (Å²) in [6.07, 6.45) is 7.40. The first-order chi connectivity index (χ1) is 16.1.